The van der Waals surface area contributed by atoms with Crippen LogP contribution in [0.3, 0.4) is 0 Å². The van der Waals surface area contributed by atoms with Crippen LogP contribution in [0.5, 0.6) is 5.75 Å². The SMILES string of the molecule is Cc1cc(NC(=O)c2ccc(OCC(=O)N3C(C)CCCC3C)cc2)n(-c2ccc([N+](=O)[O-])cc2)n1. The van der Waals surface area contributed by atoms with Crippen LogP contribution in [0, 0.1) is 17.0 Å². The Hall–Kier alpha value is -4.21. The number of nitrogens with one attached hydrogen (secondary N) is 1. The van der Waals surface area contributed by atoms with Crippen molar-refractivity contribution in [1.82, 2.24) is 14.7 Å². The molecule has 0 aliphatic carbocycles. The number of hydrogen-bond acceptors (Lipinski definition) is 6. The number of carbonyl (C=O) groups is 2. The number of ether oxygens (including phenoxy) is 1. The predicted octanol–water partition coefficient (Wildman–Crippen LogP) is 4.51. The van der Waals surface area contributed by atoms with Crippen LogP contribution in [0.15, 0.2) is 54.6 Å². The lowest BCUT2D eigenvalue weighted by molar-refractivity contribution is -0.384. The highest BCUT2D eigenvalue weighted by atomic mass is 16.6. The van der Waals surface area contributed by atoms with Gasteiger partial charge in [-0.05, 0) is 76.4 Å². The molecular formula is C26H29N5O5. The lowest BCUT2D eigenvalue weighted by atomic mass is 9.97. The maximum Gasteiger partial charge on any atom is 0.269 e. The zero-order chi connectivity index (χ0) is 25.8. The number of anilines is 1. The summed E-state index contributed by atoms with van der Waals surface area (Å²) >= 11 is 0. The van der Waals surface area contributed by atoms with Gasteiger partial charge in [0, 0.05) is 35.8 Å². The van der Waals surface area contributed by atoms with E-state index in [0.29, 0.717) is 28.5 Å². The van der Waals surface area contributed by atoms with Crippen LogP contribution in [-0.2, 0) is 4.79 Å². The molecule has 188 valence electrons. The van der Waals surface area contributed by atoms with Gasteiger partial charge in [-0.2, -0.15) is 5.10 Å². The Labute approximate surface area is 209 Å². The molecule has 10 heteroatoms. The molecule has 36 heavy (non-hydrogen) atoms. The Kier molecular flexibility index (Phi) is 7.33. The van der Waals surface area contributed by atoms with E-state index in [4.69, 9.17) is 4.74 Å². The number of amides is 2. The van der Waals surface area contributed by atoms with E-state index in [-0.39, 0.29) is 36.2 Å². The largest absolute Gasteiger partial charge is 0.484 e. The quantitative estimate of drug-likeness (QED) is 0.384. The van der Waals surface area contributed by atoms with E-state index >= 15 is 0 Å². The van der Waals surface area contributed by atoms with Gasteiger partial charge in [-0.25, -0.2) is 4.68 Å². The Bertz CT molecular complexity index is 1240. The van der Waals surface area contributed by atoms with Crippen molar-refractivity contribution >= 4 is 23.3 Å². The molecule has 0 bridgehead atoms. The zero-order valence-electron chi connectivity index (χ0n) is 20.5. The van der Waals surface area contributed by atoms with E-state index < -0.39 is 4.92 Å². The van der Waals surface area contributed by atoms with Crippen LogP contribution < -0.4 is 10.1 Å². The topological polar surface area (TPSA) is 120 Å². The number of aryl methyl sites for hydroxylation is 1. The highest BCUT2D eigenvalue weighted by molar-refractivity contribution is 6.04. The van der Waals surface area contributed by atoms with Gasteiger partial charge in [-0.3, -0.25) is 19.7 Å². The Balaban J connectivity index is 1.39. The van der Waals surface area contributed by atoms with Crippen molar-refractivity contribution in [3.8, 4) is 11.4 Å². The fourth-order valence-electron chi connectivity index (χ4n) is 4.52. The molecule has 1 aromatic heterocycles. The molecule has 1 N–H and O–H groups in total. The van der Waals surface area contributed by atoms with Gasteiger partial charge in [0.25, 0.3) is 17.5 Å². The maximum atomic E-state index is 12.9. The normalized spacial score (nSPS) is 17.5. The third-order valence-corrected chi connectivity index (χ3v) is 6.34. The smallest absolute Gasteiger partial charge is 0.269 e. The Morgan fingerprint density at radius 2 is 1.72 bits per heavy atom. The van der Waals surface area contributed by atoms with Gasteiger partial charge in [0.2, 0.25) is 0 Å². The second-order valence-electron chi connectivity index (χ2n) is 9.05. The molecule has 2 amide bonds. The summed E-state index contributed by atoms with van der Waals surface area (Å²) in [5, 5.41) is 18.1. The van der Waals surface area contributed by atoms with E-state index in [1.807, 2.05) is 4.90 Å². The van der Waals surface area contributed by atoms with Gasteiger partial charge in [0.15, 0.2) is 6.61 Å². The van der Waals surface area contributed by atoms with E-state index in [1.165, 1.54) is 16.8 Å². The van der Waals surface area contributed by atoms with Gasteiger partial charge >= 0.3 is 0 Å². The molecule has 1 saturated heterocycles. The molecule has 1 fully saturated rings. The van der Waals surface area contributed by atoms with E-state index in [2.05, 4.69) is 24.3 Å². The van der Waals surface area contributed by atoms with Crippen molar-refractivity contribution in [3.05, 3.63) is 76.0 Å². The third-order valence-electron chi connectivity index (χ3n) is 6.34. The predicted molar refractivity (Wildman–Crippen MR) is 134 cm³/mol. The number of nitro benzene ring substituents is 1. The van der Waals surface area contributed by atoms with Crippen molar-refractivity contribution in [2.24, 2.45) is 0 Å². The summed E-state index contributed by atoms with van der Waals surface area (Å²) in [5.41, 5.74) is 1.63. The number of piperidine rings is 1. The van der Waals surface area contributed by atoms with Crippen molar-refractivity contribution < 1.29 is 19.2 Å². The Morgan fingerprint density at radius 1 is 1.08 bits per heavy atom. The van der Waals surface area contributed by atoms with Crippen LogP contribution in [0.2, 0.25) is 0 Å². The number of rotatable bonds is 7. The lowest BCUT2D eigenvalue weighted by Gasteiger charge is -2.38. The summed E-state index contributed by atoms with van der Waals surface area (Å²) < 4.78 is 7.21. The van der Waals surface area contributed by atoms with Crippen molar-refractivity contribution in [1.29, 1.82) is 0 Å². The standard InChI is InChI=1S/C26H29N5O5/c1-17-15-24(30(28-17)21-9-11-22(12-10-21)31(34)35)27-26(33)20-7-13-23(14-8-20)36-16-25(32)29-18(2)5-4-6-19(29)3/h7-15,18-19H,4-6,16H2,1-3H3,(H,27,33). The number of likely N-dealkylation sites (tertiary alicyclic amines) is 1. The average molecular weight is 492 g/mol. The van der Waals surface area contributed by atoms with Crippen LogP contribution in [0.25, 0.3) is 5.69 Å². The number of benzene rings is 2. The minimum atomic E-state index is -0.473. The van der Waals surface area contributed by atoms with E-state index in [1.54, 1.807) is 49.4 Å². The summed E-state index contributed by atoms with van der Waals surface area (Å²) in [6.07, 6.45) is 3.13. The van der Waals surface area contributed by atoms with Gasteiger partial charge < -0.3 is 15.0 Å². The minimum Gasteiger partial charge on any atom is -0.484 e. The summed E-state index contributed by atoms with van der Waals surface area (Å²) in [6.45, 7) is 5.87. The van der Waals surface area contributed by atoms with Crippen LogP contribution in [0.4, 0.5) is 11.5 Å². The number of carbonyl (C=O) groups excluding carboxylic acids is 2. The van der Waals surface area contributed by atoms with E-state index in [9.17, 15) is 19.7 Å². The highest BCUT2D eigenvalue weighted by Gasteiger charge is 2.29. The monoisotopic (exact) mass is 491 g/mol. The number of nitrogens with zero attached hydrogens (tertiary/aromatic N) is 4. The van der Waals surface area contributed by atoms with Crippen LogP contribution >= 0.6 is 0 Å². The molecule has 0 saturated carbocycles. The first-order valence-corrected chi connectivity index (χ1v) is 11.9. The van der Waals surface area contributed by atoms with Gasteiger partial charge in [0.05, 0.1) is 16.3 Å². The molecule has 2 atom stereocenters. The highest BCUT2D eigenvalue weighted by Crippen LogP contribution is 2.24. The van der Waals surface area contributed by atoms with Crippen LogP contribution in [-0.4, -0.2) is 50.1 Å². The summed E-state index contributed by atoms with van der Waals surface area (Å²) in [5.74, 6) is 0.550. The molecule has 1 aliphatic heterocycles. The number of nitro groups is 1. The zero-order valence-corrected chi connectivity index (χ0v) is 20.5. The summed E-state index contributed by atoms with van der Waals surface area (Å²) in [6, 6.07) is 14.6. The second kappa shape index (κ2) is 10.6. The summed E-state index contributed by atoms with van der Waals surface area (Å²) in [4.78, 5) is 37.9. The van der Waals surface area contributed by atoms with Gasteiger partial charge in [-0.1, -0.05) is 0 Å². The number of aromatic nitrogens is 2. The molecule has 4 rings (SSSR count). The number of hydrogen-bond donors (Lipinski definition) is 1. The minimum absolute atomic E-state index is 0.0304. The van der Waals surface area contributed by atoms with E-state index in [0.717, 1.165) is 19.3 Å². The molecule has 0 spiro atoms. The first kappa shape index (κ1) is 24.9. The molecule has 0 radical (unpaired) electrons. The maximum absolute atomic E-state index is 12.9. The first-order chi connectivity index (χ1) is 17.2. The van der Waals surface area contributed by atoms with Crippen molar-refractivity contribution in [2.45, 2.75) is 52.1 Å². The fraction of sp³-hybridized carbons (Fsp3) is 0.346. The molecule has 3 aromatic rings. The molecule has 1 aliphatic rings. The van der Waals surface area contributed by atoms with Crippen molar-refractivity contribution in [2.75, 3.05) is 11.9 Å². The number of non-ortho nitro benzene ring substituents is 1. The molecule has 2 aromatic carbocycles. The average Bonchev–Trinajstić information content (AvgIpc) is 3.22. The molecule has 2 unspecified atom stereocenters. The van der Waals surface area contributed by atoms with Crippen molar-refractivity contribution in [3.63, 3.8) is 0 Å². The van der Waals surface area contributed by atoms with Gasteiger partial charge in [0.1, 0.15) is 11.6 Å². The molecule has 2 heterocycles. The second-order valence-corrected chi connectivity index (χ2v) is 9.05. The van der Waals surface area contributed by atoms with Crippen LogP contribution in [0.1, 0.15) is 49.2 Å². The fourth-order valence-corrected chi connectivity index (χ4v) is 4.52. The molecular weight excluding hydrogens is 462 g/mol. The Morgan fingerprint density at radius 3 is 2.33 bits per heavy atom. The molecule has 10 nitrogen and oxygen atoms in total. The third kappa shape index (κ3) is 5.54. The summed E-state index contributed by atoms with van der Waals surface area (Å²) in [7, 11) is 0. The first-order valence-electron chi connectivity index (χ1n) is 11.9. The van der Waals surface area contributed by atoms with Gasteiger partial charge in [-0.15, -0.1) is 0 Å². The lowest BCUT2D eigenvalue weighted by Crippen LogP contribution is -2.49.